The van der Waals surface area contributed by atoms with Gasteiger partial charge in [0.1, 0.15) is 21.8 Å². The molecule has 2 heterocycles. The summed E-state index contributed by atoms with van der Waals surface area (Å²) >= 11 is 0.798. The lowest BCUT2D eigenvalue weighted by atomic mass is 10.1. The van der Waals surface area contributed by atoms with Gasteiger partial charge in [0.05, 0.1) is 34.4 Å². The maximum atomic E-state index is 12.4. The third-order valence-corrected chi connectivity index (χ3v) is 4.64. The van der Waals surface area contributed by atoms with Crippen LogP contribution < -0.4 is 0 Å². The number of nitro groups is 2. The maximum absolute atomic E-state index is 12.4. The Morgan fingerprint density at radius 2 is 2.00 bits per heavy atom. The zero-order chi connectivity index (χ0) is 20.3. The largest absolute Gasteiger partial charge is 0.462 e. The molecule has 28 heavy (non-hydrogen) atoms. The van der Waals surface area contributed by atoms with Gasteiger partial charge in [0, 0.05) is 6.07 Å². The first-order valence-electron chi connectivity index (χ1n) is 7.88. The average molecular weight is 404 g/mol. The fourth-order valence-corrected chi connectivity index (χ4v) is 3.32. The van der Waals surface area contributed by atoms with Gasteiger partial charge in [0.15, 0.2) is 5.65 Å². The number of nitro benzene ring substituents is 2. The van der Waals surface area contributed by atoms with Crippen molar-refractivity contribution in [2.75, 3.05) is 6.61 Å². The fraction of sp³-hybridized carbons (Fsp3) is 0.200. The Balaban J connectivity index is 2.18. The quantitative estimate of drug-likeness (QED) is 0.267. The zero-order valence-corrected chi connectivity index (χ0v) is 15.1. The van der Waals surface area contributed by atoms with Crippen LogP contribution in [-0.4, -0.2) is 42.4 Å². The van der Waals surface area contributed by atoms with Crippen molar-refractivity contribution in [2.24, 2.45) is 0 Å². The highest BCUT2D eigenvalue weighted by atomic mass is 32.2. The molecule has 0 bridgehead atoms. The van der Waals surface area contributed by atoms with E-state index in [-0.39, 0.29) is 22.1 Å². The van der Waals surface area contributed by atoms with E-state index in [1.54, 1.807) is 6.92 Å². The number of carbonyl (C=O) groups is 1. The van der Waals surface area contributed by atoms with Gasteiger partial charge in [-0.25, -0.2) is 19.7 Å². The molecule has 0 aliphatic rings. The monoisotopic (exact) mass is 404 g/mol. The van der Waals surface area contributed by atoms with Gasteiger partial charge >= 0.3 is 5.97 Å². The Bertz CT molecular complexity index is 1080. The van der Waals surface area contributed by atoms with Crippen LogP contribution in [0.2, 0.25) is 0 Å². The number of carbonyl (C=O) groups excluding carboxylic acids is 1. The van der Waals surface area contributed by atoms with Crippen LogP contribution in [0.25, 0.3) is 11.2 Å². The number of nitrogens with zero attached hydrogens (tertiary/aromatic N) is 5. The number of hydrogen-bond acceptors (Lipinski definition) is 10. The number of esters is 1. The van der Waals surface area contributed by atoms with Gasteiger partial charge in [-0.3, -0.25) is 20.2 Å². The van der Waals surface area contributed by atoms with Crippen molar-refractivity contribution in [3.8, 4) is 0 Å². The number of non-ortho nitro benzene ring substituents is 1. The van der Waals surface area contributed by atoms with Crippen molar-refractivity contribution in [1.29, 1.82) is 0 Å². The van der Waals surface area contributed by atoms with Crippen LogP contribution in [0.4, 0.5) is 11.4 Å². The molecule has 0 radical (unpaired) electrons. The number of hydrogen-bond donors (Lipinski definition) is 1. The molecule has 1 N–H and O–H groups in total. The molecule has 13 heteroatoms. The molecule has 0 atom stereocenters. The second kappa shape index (κ2) is 7.96. The molecular formula is C15H12N6O6S. The van der Waals surface area contributed by atoms with Crippen molar-refractivity contribution in [3.63, 3.8) is 0 Å². The van der Waals surface area contributed by atoms with Crippen LogP contribution >= 0.6 is 11.8 Å². The highest BCUT2D eigenvalue weighted by Gasteiger charge is 2.30. The van der Waals surface area contributed by atoms with Crippen LogP contribution in [0.1, 0.15) is 23.7 Å². The fourth-order valence-electron chi connectivity index (χ4n) is 2.29. The Labute approximate surface area is 160 Å². The van der Waals surface area contributed by atoms with E-state index in [4.69, 9.17) is 4.74 Å². The average Bonchev–Trinajstić information content (AvgIpc) is 3.15. The minimum Gasteiger partial charge on any atom is -0.462 e. The normalized spacial score (nSPS) is 10.8. The van der Waals surface area contributed by atoms with Crippen molar-refractivity contribution < 1.29 is 19.4 Å². The number of imidazole rings is 1. The molecule has 0 amide bonds. The first-order chi connectivity index (χ1) is 13.4. The van der Waals surface area contributed by atoms with Crippen molar-refractivity contribution in [2.45, 2.75) is 23.3 Å². The summed E-state index contributed by atoms with van der Waals surface area (Å²) in [4.78, 5) is 48.3. The molecule has 2 aromatic heterocycles. The number of H-pyrrole nitrogens is 1. The lowest BCUT2D eigenvalue weighted by Gasteiger charge is -2.10. The van der Waals surface area contributed by atoms with Crippen molar-refractivity contribution >= 4 is 40.3 Å². The molecule has 0 saturated heterocycles. The molecule has 0 fully saturated rings. The summed E-state index contributed by atoms with van der Waals surface area (Å²) in [6, 6.07) is 1.75. The summed E-state index contributed by atoms with van der Waals surface area (Å²) in [5.41, 5.74) is -0.737. The summed E-state index contributed by atoms with van der Waals surface area (Å²) in [6.45, 7) is 1.84. The van der Waals surface area contributed by atoms with E-state index in [1.807, 2.05) is 0 Å². The van der Waals surface area contributed by atoms with Gasteiger partial charge in [-0.2, -0.15) is 0 Å². The number of ether oxygens (including phenoxy) is 1. The number of aromatic amines is 1. The molecule has 3 rings (SSSR count). The molecule has 0 aliphatic carbocycles. The summed E-state index contributed by atoms with van der Waals surface area (Å²) in [7, 11) is 0. The number of rotatable bonds is 7. The maximum Gasteiger partial charge on any atom is 0.339 e. The predicted octanol–water partition coefficient (Wildman–Crippen LogP) is 2.89. The SMILES string of the molecule is CCCOC(=O)c1cc([N+](=O)[O-])cc([N+](=O)[O-])c1Sc1ncnc2nc[nH]c12. The van der Waals surface area contributed by atoms with Gasteiger partial charge in [-0.1, -0.05) is 18.7 Å². The molecule has 3 aromatic rings. The number of benzene rings is 1. The molecule has 0 spiro atoms. The minimum atomic E-state index is -0.897. The second-order valence-electron chi connectivity index (χ2n) is 5.37. The van der Waals surface area contributed by atoms with Crippen molar-refractivity contribution in [1.82, 2.24) is 19.9 Å². The number of nitrogens with one attached hydrogen (secondary N) is 1. The topological polar surface area (TPSA) is 167 Å². The van der Waals surface area contributed by atoms with E-state index in [9.17, 15) is 25.0 Å². The van der Waals surface area contributed by atoms with E-state index in [0.717, 1.165) is 23.9 Å². The third-order valence-electron chi connectivity index (χ3n) is 3.51. The molecule has 12 nitrogen and oxygen atoms in total. The van der Waals surface area contributed by atoms with Crippen molar-refractivity contribution in [3.05, 3.63) is 50.6 Å². The Hall–Kier alpha value is -3.61. The molecule has 0 unspecified atom stereocenters. The van der Waals surface area contributed by atoms with Crippen LogP contribution in [0.15, 0.2) is 34.7 Å². The van der Waals surface area contributed by atoms with Gasteiger partial charge in [0.25, 0.3) is 11.4 Å². The molecule has 0 saturated carbocycles. The lowest BCUT2D eigenvalue weighted by molar-refractivity contribution is -0.396. The summed E-state index contributed by atoms with van der Waals surface area (Å²) < 4.78 is 5.05. The second-order valence-corrected chi connectivity index (χ2v) is 6.37. The molecule has 144 valence electrons. The van der Waals surface area contributed by atoms with E-state index < -0.39 is 27.2 Å². The predicted molar refractivity (Wildman–Crippen MR) is 96.1 cm³/mol. The minimum absolute atomic E-state index is 0.0672. The van der Waals surface area contributed by atoms with E-state index in [2.05, 4.69) is 19.9 Å². The van der Waals surface area contributed by atoms with E-state index in [0.29, 0.717) is 17.6 Å². The van der Waals surface area contributed by atoms with Gasteiger partial charge in [0.2, 0.25) is 0 Å². The van der Waals surface area contributed by atoms with Gasteiger partial charge in [-0.15, -0.1) is 0 Å². The first-order valence-corrected chi connectivity index (χ1v) is 8.70. The molecule has 0 aliphatic heterocycles. The van der Waals surface area contributed by atoms with Gasteiger partial charge in [-0.05, 0) is 6.42 Å². The highest BCUT2D eigenvalue weighted by Crippen LogP contribution is 2.41. The molecular weight excluding hydrogens is 392 g/mol. The summed E-state index contributed by atoms with van der Waals surface area (Å²) in [6.07, 6.45) is 3.12. The third kappa shape index (κ3) is 3.73. The lowest BCUT2D eigenvalue weighted by Crippen LogP contribution is -2.10. The standard InChI is InChI=1S/C15H12N6O6S/c1-2-3-27-15(22)9-4-8(20(23)24)5-10(21(25)26)12(9)28-14-11-13(17-6-16-11)18-7-19-14/h4-7H,2-3H2,1H3,(H,16,17,18,19). The number of aromatic nitrogens is 4. The van der Waals surface area contributed by atoms with Gasteiger partial charge < -0.3 is 9.72 Å². The Kier molecular flexibility index (Phi) is 5.44. The summed E-state index contributed by atoms with van der Waals surface area (Å²) in [5, 5.41) is 23.0. The number of fused-ring (bicyclic) bond motifs is 1. The smallest absolute Gasteiger partial charge is 0.339 e. The van der Waals surface area contributed by atoms with E-state index >= 15 is 0 Å². The van der Waals surface area contributed by atoms with Crippen LogP contribution in [0, 0.1) is 20.2 Å². The Morgan fingerprint density at radius 3 is 2.68 bits per heavy atom. The first kappa shape index (κ1) is 19.2. The highest BCUT2D eigenvalue weighted by molar-refractivity contribution is 7.99. The molecule has 1 aromatic carbocycles. The Morgan fingerprint density at radius 1 is 1.21 bits per heavy atom. The van der Waals surface area contributed by atoms with E-state index in [1.165, 1.54) is 12.7 Å². The van der Waals surface area contributed by atoms with Crippen LogP contribution in [0.3, 0.4) is 0 Å². The van der Waals surface area contributed by atoms with Crippen LogP contribution in [-0.2, 0) is 4.74 Å². The summed E-state index contributed by atoms with van der Waals surface area (Å²) in [5.74, 6) is -0.897. The zero-order valence-electron chi connectivity index (χ0n) is 14.3. The van der Waals surface area contributed by atoms with Crippen LogP contribution in [0.5, 0.6) is 0 Å².